The highest BCUT2D eigenvalue weighted by Gasteiger charge is 2.08. The van der Waals surface area contributed by atoms with E-state index in [1.807, 2.05) is 12.1 Å². The number of anilines is 1. The van der Waals surface area contributed by atoms with Crippen molar-refractivity contribution in [3.05, 3.63) is 42.9 Å². The molecule has 20 heavy (non-hydrogen) atoms. The third kappa shape index (κ3) is 2.78. The van der Waals surface area contributed by atoms with Gasteiger partial charge in [-0.3, -0.25) is 9.99 Å². The molecule has 0 aliphatic rings. The minimum atomic E-state index is 0.297. The van der Waals surface area contributed by atoms with Gasteiger partial charge in [0.15, 0.2) is 5.16 Å². The van der Waals surface area contributed by atoms with E-state index in [-0.39, 0.29) is 0 Å². The molecule has 9 heteroatoms. The van der Waals surface area contributed by atoms with Crippen LogP contribution in [0.4, 0.5) is 5.95 Å². The van der Waals surface area contributed by atoms with Gasteiger partial charge in [0.2, 0.25) is 11.9 Å². The highest BCUT2D eigenvalue weighted by Crippen LogP contribution is 2.21. The number of nitrogens with one attached hydrogen (secondary N) is 1. The number of hydrogen-bond donors (Lipinski definition) is 2. The number of nitrogens with zero attached hydrogens (tertiary/aromatic N) is 5. The molecule has 0 fully saturated rings. The number of hydrogen-bond acceptors (Lipinski definition) is 8. The van der Waals surface area contributed by atoms with Crippen molar-refractivity contribution in [3.8, 4) is 5.95 Å². The molecule has 3 aromatic rings. The molecule has 0 aromatic carbocycles. The van der Waals surface area contributed by atoms with Crippen LogP contribution in [0, 0.1) is 0 Å². The van der Waals surface area contributed by atoms with Gasteiger partial charge in [0.1, 0.15) is 12.1 Å². The van der Waals surface area contributed by atoms with Crippen molar-refractivity contribution in [1.29, 1.82) is 0 Å². The quantitative estimate of drug-likeness (QED) is 0.410. The number of thioether (sulfide) groups is 1. The predicted molar refractivity (Wildman–Crippen MR) is 73.0 cm³/mol. The molecule has 0 amide bonds. The molecule has 0 saturated heterocycles. The maximum Gasteiger partial charge on any atom is 0.242 e. The van der Waals surface area contributed by atoms with Crippen molar-refractivity contribution in [2.45, 2.75) is 10.9 Å². The molecule has 0 atom stereocenters. The van der Waals surface area contributed by atoms with E-state index in [0.717, 1.165) is 5.76 Å². The molecule has 0 saturated carbocycles. The van der Waals surface area contributed by atoms with Crippen LogP contribution in [0.25, 0.3) is 5.95 Å². The normalized spacial score (nSPS) is 10.7. The van der Waals surface area contributed by atoms with Gasteiger partial charge in [-0.1, -0.05) is 11.8 Å². The fraction of sp³-hybridized carbons (Fsp3) is 0.0909. The van der Waals surface area contributed by atoms with Crippen LogP contribution in [0.2, 0.25) is 0 Å². The van der Waals surface area contributed by atoms with Crippen LogP contribution in [0.15, 0.2) is 46.7 Å². The lowest BCUT2D eigenvalue weighted by Gasteiger charge is -2.05. The van der Waals surface area contributed by atoms with Crippen LogP contribution >= 0.6 is 11.8 Å². The molecule has 0 bridgehead atoms. The lowest BCUT2D eigenvalue weighted by molar-refractivity contribution is 0.530. The largest absolute Gasteiger partial charge is 0.468 e. The average molecular weight is 289 g/mol. The molecule has 0 aliphatic carbocycles. The number of aromatic nitrogens is 5. The number of hydrazine groups is 1. The third-order valence-electron chi connectivity index (χ3n) is 2.39. The van der Waals surface area contributed by atoms with E-state index in [0.29, 0.717) is 22.8 Å². The van der Waals surface area contributed by atoms with E-state index >= 15 is 0 Å². The third-order valence-corrected chi connectivity index (χ3v) is 3.26. The predicted octanol–water partition coefficient (Wildman–Crippen LogP) is 1.23. The maximum absolute atomic E-state index is 5.38. The fourth-order valence-corrected chi connectivity index (χ4v) is 2.23. The molecule has 8 nitrogen and oxygen atoms in total. The molecule has 3 N–H and O–H groups in total. The van der Waals surface area contributed by atoms with Crippen LogP contribution in [-0.4, -0.2) is 24.5 Å². The van der Waals surface area contributed by atoms with Crippen LogP contribution in [0.5, 0.6) is 0 Å². The van der Waals surface area contributed by atoms with Crippen molar-refractivity contribution in [2.24, 2.45) is 5.84 Å². The Morgan fingerprint density at radius 3 is 3.00 bits per heavy atom. The van der Waals surface area contributed by atoms with E-state index in [1.165, 1.54) is 11.8 Å². The zero-order valence-corrected chi connectivity index (χ0v) is 11.1. The van der Waals surface area contributed by atoms with Gasteiger partial charge >= 0.3 is 0 Å². The summed E-state index contributed by atoms with van der Waals surface area (Å²) in [6.07, 6.45) is 6.63. The first kappa shape index (κ1) is 12.6. The van der Waals surface area contributed by atoms with Crippen LogP contribution < -0.4 is 11.3 Å². The van der Waals surface area contributed by atoms with Crippen molar-refractivity contribution >= 4 is 17.7 Å². The molecular formula is C11H11N7OS. The summed E-state index contributed by atoms with van der Waals surface area (Å²) < 4.78 is 6.95. The first-order chi connectivity index (χ1) is 9.85. The smallest absolute Gasteiger partial charge is 0.242 e. The Labute approximate surface area is 118 Å². The van der Waals surface area contributed by atoms with Gasteiger partial charge in [0, 0.05) is 12.4 Å². The van der Waals surface area contributed by atoms with Gasteiger partial charge in [-0.25, -0.2) is 10.8 Å². The Bertz CT molecular complexity index is 668. The van der Waals surface area contributed by atoms with Crippen LogP contribution in [0.3, 0.4) is 0 Å². The average Bonchev–Trinajstić information content (AvgIpc) is 3.17. The summed E-state index contributed by atoms with van der Waals surface area (Å²) in [5, 5.41) is 0.549. The van der Waals surface area contributed by atoms with Crippen LogP contribution in [-0.2, 0) is 5.75 Å². The first-order valence-electron chi connectivity index (χ1n) is 5.71. The minimum Gasteiger partial charge on any atom is -0.468 e. The second-order valence-electron chi connectivity index (χ2n) is 3.72. The fourth-order valence-electron chi connectivity index (χ4n) is 1.50. The van der Waals surface area contributed by atoms with Crippen molar-refractivity contribution in [3.63, 3.8) is 0 Å². The molecule has 3 rings (SSSR count). The Kier molecular flexibility index (Phi) is 3.61. The Morgan fingerprint density at radius 1 is 1.35 bits per heavy atom. The molecule has 0 spiro atoms. The van der Waals surface area contributed by atoms with Gasteiger partial charge in [-0.15, -0.1) is 0 Å². The lowest BCUT2D eigenvalue weighted by atomic mass is 10.5. The van der Waals surface area contributed by atoms with Crippen molar-refractivity contribution < 1.29 is 4.42 Å². The highest BCUT2D eigenvalue weighted by atomic mass is 32.2. The number of furan rings is 1. The lowest BCUT2D eigenvalue weighted by Crippen LogP contribution is -2.13. The summed E-state index contributed by atoms with van der Waals surface area (Å²) in [4.78, 5) is 16.7. The molecule has 3 aromatic heterocycles. The van der Waals surface area contributed by atoms with Crippen molar-refractivity contribution in [2.75, 3.05) is 5.43 Å². The zero-order valence-electron chi connectivity index (χ0n) is 10.3. The van der Waals surface area contributed by atoms with E-state index in [4.69, 9.17) is 10.3 Å². The van der Waals surface area contributed by atoms with E-state index in [1.54, 1.807) is 29.6 Å². The summed E-state index contributed by atoms with van der Waals surface area (Å²) in [6, 6.07) is 3.74. The van der Waals surface area contributed by atoms with Gasteiger partial charge in [-0.05, 0) is 12.1 Å². The number of nitrogen functional groups attached to an aromatic ring is 1. The summed E-state index contributed by atoms with van der Waals surface area (Å²) in [5.41, 5.74) is 2.43. The summed E-state index contributed by atoms with van der Waals surface area (Å²) in [5.74, 6) is 7.60. The van der Waals surface area contributed by atoms with Gasteiger partial charge in [0.05, 0.1) is 12.0 Å². The molecule has 0 aliphatic heterocycles. The van der Waals surface area contributed by atoms with E-state index < -0.39 is 0 Å². The van der Waals surface area contributed by atoms with Crippen molar-refractivity contribution in [1.82, 2.24) is 24.5 Å². The topological polar surface area (TPSA) is 108 Å². The summed E-state index contributed by atoms with van der Waals surface area (Å²) in [6.45, 7) is 0. The van der Waals surface area contributed by atoms with Gasteiger partial charge in [-0.2, -0.15) is 15.0 Å². The van der Waals surface area contributed by atoms with E-state index in [9.17, 15) is 0 Å². The maximum atomic E-state index is 5.38. The second kappa shape index (κ2) is 5.72. The molecule has 0 radical (unpaired) electrons. The highest BCUT2D eigenvalue weighted by molar-refractivity contribution is 7.98. The number of rotatable bonds is 5. The standard InChI is InChI=1S/C11H11N7OS/c12-17-9-14-10(18-4-3-13-7-18)16-11(15-9)20-6-8-2-1-5-19-8/h1-5,7H,6,12H2,(H,14,15,16,17). The molecular weight excluding hydrogens is 278 g/mol. The second-order valence-corrected chi connectivity index (χ2v) is 4.67. The zero-order chi connectivity index (χ0) is 13.8. The SMILES string of the molecule is NNc1nc(SCc2ccco2)nc(-n2ccnc2)n1. The van der Waals surface area contributed by atoms with Gasteiger partial charge in [0.25, 0.3) is 0 Å². The molecule has 3 heterocycles. The Morgan fingerprint density at radius 2 is 2.30 bits per heavy atom. The monoisotopic (exact) mass is 289 g/mol. The van der Waals surface area contributed by atoms with E-state index in [2.05, 4.69) is 25.4 Å². The Hall–Kier alpha value is -2.39. The summed E-state index contributed by atoms with van der Waals surface area (Å²) >= 11 is 1.43. The molecule has 0 unspecified atom stereocenters. The number of nitrogens with two attached hydrogens (primary N) is 1. The number of imidazole rings is 1. The first-order valence-corrected chi connectivity index (χ1v) is 6.70. The molecule has 102 valence electrons. The Balaban J connectivity index is 1.84. The van der Waals surface area contributed by atoms with Crippen LogP contribution in [0.1, 0.15) is 5.76 Å². The van der Waals surface area contributed by atoms with Gasteiger partial charge < -0.3 is 4.42 Å². The summed E-state index contributed by atoms with van der Waals surface area (Å²) in [7, 11) is 0. The minimum absolute atomic E-state index is 0.297.